The Kier molecular flexibility index (Phi) is 1.99. The van der Waals surface area contributed by atoms with Gasteiger partial charge in [-0.3, -0.25) is 19.9 Å². The molecule has 7 nitrogen and oxygen atoms in total. The Morgan fingerprint density at radius 3 is 2.82 bits per heavy atom. The number of aromatic amines is 1. The number of amides is 2. The highest BCUT2D eigenvalue weighted by molar-refractivity contribution is 6.03. The fourth-order valence-corrected chi connectivity index (χ4v) is 2.34. The molecule has 2 amide bonds. The van der Waals surface area contributed by atoms with Gasteiger partial charge in [-0.25, -0.2) is 4.79 Å². The van der Waals surface area contributed by atoms with Crippen LogP contribution in [-0.4, -0.2) is 23.4 Å². The average Bonchev–Trinajstić information content (AvgIpc) is 2.66. The third kappa shape index (κ3) is 1.35. The van der Waals surface area contributed by atoms with Crippen molar-refractivity contribution in [3.8, 4) is 0 Å². The second-order valence-electron chi connectivity index (χ2n) is 4.27. The van der Waals surface area contributed by atoms with E-state index in [0.29, 0.717) is 17.9 Å². The van der Waals surface area contributed by atoms with Gasteiger partial charge in [-0.15, -0.1) is 0 Å². The van der Waals surface area contributed by atoms with Crippen LogP contribution in [0.25, 0.3) is 0 Å². The number of carbonyl (C=O) groups is 2. The molecule has 0 bridgehead atoms. The Labute approximate surface area is 95.1 Å². The molecule has 2 aliphatic rings. The zero-order valence-electron chi connectivity index (χ0n) is 8.87. The van der Waals surface area contributed by atoms with E-state index in [1.807, 2.05) is 0 Å². The molecule has 3 heterocycles. The van der Waals surface area contributed by atoms with Crippen molar-refractivity contribution >= 4 is 11.8 Å². The van der Waals surface area contributed by atoms with E-state index in [1.54, 1.807) is 0 Å². The van der Waals surface area contributed by atoms with E-state index in [-0.39, 0.29) is 25.5 Å². The Morgan fingerprint density at radius 2 is 2.06 bits per heavy atom. The molecule has 0 aromatic carbocycles. The van der Waals surface area contributed by atoms with Gasteiger partial charge in [0, 0.05) is 6.42 Å². The summed E-state index contributed by atoms with van der Waals surface area (Å²) in [7, 11) is 0. The normalized spacial score (nSPS) is 28.0. The zero-order valence-corrected chi connectivity index (χ0v) is 8.87. The standard InChI is InChI=1S/C10H10N2O5/c13-6-1-2-10(8(14)12-6)4-16-3-5-7(10)17-9(15)11-5/h1-4H2,(H,11,15)(H,12,13,14). The van der Waals surface area contributed by atoms with Crippen LogP contribution in [0.15, 0.2) is 9.21 Å². The maximum atomic E-state index is 12.0. The van der Waals surface area contributed by atoms with Crippen molar-refractivity contribution in [1.82, 2.24) is 10.3 Å². The lowest BCUT2D eigenvalue weighted by molar-refractivity contribution is -0.142. The fraction of sp³-hybridized carbons (Fsp3) is 0.500. The Morgan fingerprint density at radius 1 is 1.24 bits per heavy atom. The molecule has 1 saturated heterocycles. The summed E-state index contributed by atoms with van der Waals surface area (Å²) in [5.74, 6) is -1.08. The first kappa shape index (κ1) is 10.3. The van der Waals surface area contributed by atoms with Crippen molar-refractivity contribution in [3.05, 3.63) is 22.0 Å². The molecule has 1 atom stereocenters. The fourth-order valence-electron chi connectivity index (χ4n) is 2.34. The number of nitrogens with one attached hydrogen (secondary N) is 2. The van der Waals surface area contributed by atoms with E-state index >= 15 is 0 Å². The predicted molar refractivity (Wildman–Crippen MR) is 53.0 cm³/mol. The van der Waals surface area contributed by atoms with Gasteiger partial charge in [0.15, 0.2) is 0 Å². The largest absolute Gasteiger partial charge is 0.416 e. The van der Waals surface area contributed by atoms with Crippen LogP contribution < -0.4 is 11.1 Å². The zero-order chi connectivity index (χ0) is 12.0. The number of hydrogen-bond acceptors (Lipinski definition) is 5. The number of aromatic nitrogens is 1. The minimum atomic E-state index is -1.04. The van der Waals surface area contributed by atoms with Gasteiger partial charge in [0.2, 0.25) is 11.8 Å². The first-order valence-electron chi connectivity index (χ1n) is 5.26. The second-order valence-corrected chi connectivity index (χ2v) is 4.27. The first-order chi connectivity index (χ1) is 8.12. The number of H-pyrrole nitrogens is 1. The van der Waals surface area contributed by atoms with Crippen LogP contribution in [0.1, 0.15) is 24.3 Å². The van der Waals surface area contributed by atoms with Gasteiger partial charge < -0.3 is 9.15 Å². The minimum Gasteiger partial charge on any atom is -0.411 e. The average molecular weight is 238 g/mol. The maximum Gasteiger partial charge on any atom is 0.416 e. The van der Waals surface area contributed by atoms with Crippen LogP contribution in [0.2, 0.25) is 0 Å². The molecule has 7 heteroatoms. The van der Waals surface area contributed by atoms with E-state index < -0.39 is 17.1 Å². The van der Waals surface area contributed by atoms with E-state index in [4.69, 9.17) is 9.15 Å². The van der Waals surface area contributed by atoms with Crippen molar-refractivity contribution in [2.24, 2.45) is 0 Å². The molecule has 0 saturated carbocycles. The molecule has 0 aliphatic carbocycles. The quantitative estimate of drug-likeness (QED) is 0.574. The number of rotatable bonds is 0. The highest BCUT2D eigenvalue weighted by atomic mass is 16.5. The maximum absolute atomic E-state index is 12.0. The Hall–Kier alpha value is -1.89. The summed E-state index contributed by atoms with van der Waals surface area (Å²) in [5.41, 5.74) is -0.563. The molecule has 1 aromatic rings. The molecule has 3 rings (SSSR count). The highest BCUT2D eigenvalue weighted by Crippen LogP contribution is 2.37. The smallest absolute Gasteiger partial charge is 0.411 e. The van der Waals surface area contributed by atoms with Gasteiger partial charge in [-0.2, -0.15) is 0 Å². The van der Waals surface area contributed by atoms with Crippen molar-refractivity contribution in [2.45, 2.75) is 24.9 Å². The van der Waals surface area contributed by atoms with Crippen molar-refractivity contribution in [2.75, 3.05) is 6.61 Å². The molecule has 1 unspecified atom stereocenters. The molecule has 17 heavy (non-hydrogen) atoms. The van der Waals surface area contributed by atoms with E-state index in [1.165, 1.54) is 0 Å². The van der Waals surface area contributed by atoms with Gasteiger partial charge in [0.05, 0.1) is 18.9 Å². The van der Waals surface area contributed by atoms with Crippen LogP contribution >= 0.6 is 0 Å². The van der Waals surface area contributed by atoms with Crippen LogP contribution in [0, 0.1) is 0 Å². The van der Waals surface area contributed by atoms with Gasteiger partial charge in [0.1, 0.15) is 11.2 Å². The SMILES string of the molecule is O=C1CCC2(COCc3[nH]c(=O)oc32)C(=O)N1. The van der Waals surface area contributed by atoms with E-state index in [9.17, 15) is 14.4 Å². The summed E-state index contributed by atoms with van der Waals surface area (Å²) in [6, 6.07) is 0. The summed E-state index contributed by atoms with van der Waals surface area (Å²) >= 11 is 0. The summed E-state index contributed by atoms with van der Waals surface area (Å²) in [4.78, 5) is 36.8. The first-order valence-corrected chi connectivity index (χ1v) is 5.26. The third-order valence-electron chi connectivity index (χ3n) is 3.22. The van der Waals surface area contributed by atoms with Crippen molar-refractivity contribution in [3.63, 3.8) is 0 Å². The Bertz CT molecular complexity index is 557. The third-order valence-corrected chi connectivity index (χ3v) is 3.22. The van der Waals surface area contributed by atoms with Crippen LogP contribution in [0.3, 0.4) is 0 Å². The van der Waals surface area contributed by atoms with Crippen LogP contribution in [-0.2, 0) is 26.3 Å². The molecular formula is C10H10N2O5. The molecule has 1 spiro atoms. The highest BCUT2D eigenvalue weighted by Gasteiger charge is 2.50. The summed E-state index contributed by atoms with van der Waals surface area (Å²) in [5, 5.41) is 2.26. The number of oxazole rings is 1. The summed E-state index contributed by atoms with van der Waals surface area (Å²) in [6.07, 6.45) is 0.509. The van der Waals surface area contributed by atoms with Crippen molar-refractivity contribution in [1.29, 1.82) is 0 Å². The van der Waals surface area contributed by atoms with Gasteiger partial charge >= 0.3 is 5.76 Å². The molecule has 90 valence electrons. The minimum absolute atomic E-state index is 0.125. The lowest BCUT2D eigenvalue weighted by Gasteiger charge is -2.35. The molecule has 2 aliphatic heterocycles. The summed E-state index contributed by atoms with van der Waals surface area (Å²) < 4.78 is 10.3. The van der Waals surface area contributed by atoms with Crippen molar-refractivity contribution < 1.29 is 18.7 Å². The topological polar surface area (TPSA) is 101 Å². The van der Waals surface area contributed by atoms with E-state index in [0.717, 1.165) is 0 Å². The molecular weight excluding hydrogens is 228 g/mol. The number of ether oxygens (including phenoxy) is 1. The molecule has 1 aromatic heterocycles. The van der Waals surface area contributed by atoms with Gasteiger partial charge in [-0.1, -0.05) is 0 Å². The second kappa shape index (κ2) is 3.30. The number of piperidine rings is 1. The number of fused-ring (bicyclic) bond motifs is 2. The molecule has 1 fully saturated rings. The monoisotopic (exact) mass is 238 g/mol. The van der Waals surface area contributed by atoms with Crippen LogP contribution in [0.5, 0.6) is 0 Å². The number of carbonyl (C=O) groups excluding carboxylic acids is 2. The lowest BCUT2D eigenvalue weighted by Crippen LogP contribution is -2.55. The summed E-state index contributed by atoms with van der Waals surface area (Å²) in [6.45, 7) is 0.337. The lowest BCUT2D eigenvalue weighted by atomic mass is 9.76. The van der Waals surface area contributed by atoms with Gasteiger partial charge in [0.25, 0.3) is 0 Å². The van der Waals surface area contributed by atoms with Crippen LogP contribution in [0.4, 0.5) is 0 Å². The number of imide groups is 1. The Balaban J connectivity index is 2.12. The predicted octanol–water partition coefficient (Wildman–Crippen LogP) is -0.827. The number of hydrogen-bond donors (Lipinski definition) is 2. The van der Waals surface area contributed by atoms with E-state index in [2.05, 4.69) is 10.3 Å². The van der Waals surface area contributed by atoms with Gasteiger partial charge in [-0.05, 0) is 6.42 Å². The molecule has 0 radical (unpaired) electrons. The molecule has 2 N–H and O–H groups in total.